The zero-order valence-corrected chi connectivity index (χ0v) is 14.0. The summed E-state index contributed by atoms with van der Waals surface area (Å²) in [5.74, 6) is 0.144. The number of amides is 1. The fourth-order valence-corrected chi connectivity index (χ4v) is 3.17. The summed E-state index contributed by atoms with van der Waals surface area (Å²) in [4.78, 5) is 12.7. The number of benzene rings is 1. The van der Waals surface area contributed by atoms with Crippen LogP contribution in [0.15, 0.2) is 18.2 Å². The summed E-state index contributed by atoms with van der Waals surface area (Å²) in [6.07, 6.45) is 2.65. The largest absolute Gasteiger partial charge is 0.349 e. The molecule has 1 atom stereocenters. The van der Waals surface area contributed by atoms with Gasteiger partial charge in [0, 0.05) is 0 Å². The molecule has 1 aromatic carbocycles. The maximum Gasteiger partial charge on any atom is 0.226 e. The molecule has 0 bridgehead atoms. The number of hydrogen-bond acceptors (Lipinski definition) is 2. The van der Waals surface area contributed by atoms with Crippen molar-refractivity contribution >= 4 is 29.1 Å². The van der Waals surface area contributed by atoms with E-state index in [2.05, 4.69) is 17.6 Å². The first-order valence-corrected chi connectivity index (χ1v) is 8.21. The highest BCUT2D eigenvalue weighted by molar-refractivity contribution is 6.42. The van der Waals surface area contributed by atoms with E-state index < -0.39 is 0 Å². The Morgan fingerprint density at radius 2 is 2.00 bits per heavy atom. The molecular formula is C16H22Cl2N2O. The second-order valence-corrected chi connectivity index (χ2v) is 6.57. The number of hydrogen-bond donors (Lipinski definition) is 2. The normalized spacial score (nSPS) is 19.0. The molecule has 1 aliphatic heterocycles. The average Bonchev–Trinajstić information content (AvgIpc) is 2.50. The Morgan fingerprint density at radius 3 is 2.57 bits per heavy atom. The molecule has 0 radical (unpaired) electrons. The minimum atomic E-state index is -0.240. The van der Waals surface area contributed by atoms with Crippen LogP contribution in [0, 0.1) is 5.41 Å². The first-order chi connectivity index (χ1) is 9.98. The van der Waals surface area contributed by atoms with Gasteiger partial charge in [0.15, 0.2) is 0 Å². The van der Waals surface area contributed by atoms with Crippen LogP contribution in [0.5, 0.6) is 0 Å². The van der Waals surface area contributed by atoms with Crippen molar-refractivity contribution in [1.82, 2.24) is 10.6 Å². The Morgan fingerprint density at radius 1 is 1.33 bits per heavy atom. The number of carbonyl (C=O) groups is 1. The van der Waals surface area contributed by atoms with Crippen molar-refractivity contribution in [2.45, 2.75) is 39.2 Å². The molecule has 1 unspecified atom stereocenters. The summed E-state index contributed by atoms with van der Waals surface area (Å²) in [5, 5.41) is 7.50. The first kappa shape index (κ1) is 16.6. The van der Waals surface area contributed by atoms with E-state index in [9.17, 15) is 4.79 Å². The van der Waals surface area contributed by atoms with E-state index in [-0.39, 0.29) is 17.4 Å². The lowest BCUT2D eigenvalue weighted by Crippen LogP contribution is -2.47. The lowest BCUT2D eigenvalue weighted by molar-refractivity contribution is -0.133. The minimum absolute atomic E-state index is 0.0782. The topological polar surface area (TPSA) is 41.1 Å². The SMILES string of the molecule is CCC1(C(=O)NC(C)c2ccc(Cl)c(Cl)c2)CCNCC1. The Bertz CT molecular complexity index is 513. The van der Waals surface area contributed by atoms with Crippen LogP contribution < -0.4 is 10.6 Å². The Labute approximate surface area is 136 Å². The monoisotopic (exact) mass is 328 g/mol. The van der Waals surface area contributed by atoms with Gasteiger partial charge in [-0.3, -0.25) is 4.79 Å². The third-order valence-electron chi connectivity index (χ3n) is 4.51. The molecule has 21 heavy (non-hydrogen) atoms. The molecule has 1 aromatic rings. The van der Waals surface area contributed by atoms with E-state index in [1.807, 2.05) is 19.1 Å². The van der Waals surface area contributed by atoms with Crippen molar-refractivity contribution in [3.63, 3.8) is 0 Å². The predicted molar refractivity (Wildman–Crippen MR) is 87.8 cm³/mol. The Kier molecular flexibility index (Phi) is 5.53. The van der Waals surface area contributed by atoms with Crippen LogP contribution in [0.4, 0.5) is 0 Å². The van der Waals surface area contributed by atoms with E-state index >= 15 is 0 Å². The van der Waals surface area contributed by atoms with Gasteiger partial charge in [0.05, 0.1) is 21.5 Å². The van der Waals surface area contributed by atoms with Crippen LogP contribution in [0.2, 0.25) is 10.0 Å². The number of nitrogens with one attached hydrogen (secondary N) is 2. The minimum Gasteiger partial charge on any atom is -0.349 e. The third-order valence-corrected chi connectivity index (χ3v) is 5.25. The molecule has 1 amide bonds. The standard InChI is InChI=1S/C16H22Cl2N2O/c1-3-16(6-8-19-9-7-16)15(21)20-11(2)12-4-5-13(17)14(18)10-12/h4-5,10-11,19H,3,6-9H2,1-2H3,(H,20,21). The fourth-order valence-electron chi connectivity index (χ4n) is 2.86. The van der Waals surface area contributed by atoms with Gasteiger partial charge in [-0.2, -0.15) is 0 Å². The predicted octanol–water partition coefficient (Wildman–Crippen LogP) is 3.95. The highest BCUT2D eigenvalue weighted by Crippen LogP contribution is 2.34. The maximum atomic E-state index is 12.7. The second kappa shape index (κ2) is 6.99. The summed E-state index contributed by atoms with van der Waals surface area (Å²) in [5.41, 5.74) is 0.730. The Hall–Kier alpha value is -0.770. The molecule has 1 aliphatic rings. The van der Waals surface area contributed by atoms with Gasteiger partial charge >= 0.3 is 0 Å². The van der Waals surface area contributed by atoms with Crippen molar-refractivity contribution in [3.05, 3.63) is 33.8 Å². The summed E-state index contributed by atoms with van der Waals surface area (Å²) in [7, 11) is 0. The van der Waals surface area contributed by atoms with Gasteiger partial charge in [-0.15, -0.1) is 0 Å². The van der Waals surface area contributed by atoms with Crippen LogP contribution in [0.3, 0.4) is 0 Å². The maximum absolute atomic E-state index is 12.7. The van der Waals surface area contributed by atoms with Crippen molar-refractivity contribution in [2.24, 2.45) is 5.41 Å². The summed E-state index contributed by atoms with van der Waals surface area (Å²) >= 11 is 12.0. The quantitative estimate of drug-likeness (QED) is 0.878. The third kappa shape index (κ3) is 3.71. The molecule has 2 rings (SSSR count). The van der Waals surface area contributed by atoms with Gasteiger partial charge < -0.3 is 10.6 Å². The average molecular weight is 329 g/mol. The van der Waals surface area contributed by atoms with Crippen molar-refractivity contribution < 1.29 is 4.79 Å². The van der Waals surface area contributed by atoms with E-state index in [0.717, 1.165) is 37.9 Å². The van der Waals surface area contributed by atoms with Crippen molar-refractivity contribution in [3.8, 4) is 0 Å². The zero-order valence-electron chi connectivity index (χ0n) is 12.5. The van der Waals surface area contributed by atoms with Crippen molar-refractivity contribution in [1.29, 1.82) is 0 Å². The molecule has 1 saturated heterocycles. The molecule has 0 saturated carbocycles. The molecule has 5 heteroatoms. The van der Waals surface area contributed by atoms with Gasteiger partial charge in [0.1, 0.15) is 0 Å². The van der Waals surface area contributed by atoms with Crippen LogP contribution in [-0.4, -0.2) is 19.0 Å². The first-order valence-electron chi connectivity index (χ1n) is 7.45. The van der Waals surface area contributed by atoms with Gasteiger partial charge in [0.25, 0.3) is 0 Å². The molecule has 0 aliphatic carbocycles. The van der Waals surface area contributed by atoms with E-state index in [1.54, 1.807) is 6.07 Å². The molecular weight excluding hydrogens is 307 g/mol. The summed E-state index contributed by atoms with van der Waals surface area (Å²) < 4.78 is 0. The summed E-state index contributed by atoms with van der Waals surface area (Å²) in [6.45, 7) is 5.88. The van der Waals surface area contributed by atoms with Gasteiger partial charge in [-0.25, -0.2) is 0 Å². The van der Waals surface area contributed by atoms with Crippen LogP contribution in [-0.2, 0) is 4.79 Å². The molecule has 1 heterocycles. The number of rotatable bonds is 4. The summed E-state index contributed by atoms with van der Waals surface area (Å²) in [6, 6.07) is 5.41. The highest BCUT2D eigenvalue weighted by atomic mass is 35.5. The number of piperidine rings is 1. The van der Waals surface area contributed by atoms with Crippen LogP contribution >= 0.6 is 23.2 Å². The highest BCUT2D eigenvalue weighted by Gasteiger charge is 2.38. The van der Waals surface area contributed by atoms with E-state index in [4.69, 9.17) is 23.2 Å². The van der Waals surface area contributed by atoms with Crippen LogP contribution in [0.1, 0.15) is 44.7 Å². The number of carbonyl (C=O) groups excluding carboxylic acids is 1. The smallest absolute Gasteiger partial charge is 0.226 e. The Balaban J connectivity index is 2.08. The van der Waals surface area contributed by atoms with Gasteiger partial charge in [-0.05, 0) is 57.0 Å². The lowest BCUT2D eigenvalue weighted by Gasteiger charge is -2.36. The molecule has 0 spiro atoms. The second-order valence-electron chi connectivity index (χ2n) is 5.75. The molecule has 0 aromatic heterocycles. The molecule has 2 N–H and O–H groups in total. The fraction of sp³-hybridized carbons (Fsp3) is 0.562. The number of halogens is 2. The lowest BCUT2D eigenvalue weighted by atomic mass is 9.75. The van der Waals surface area contributed by atoms with E-state index in [1.165, 1.54) is 0 Å². The molecule has 3 nitrogen and oxygen atoms in total. The van der Waals surface area contributed by atoms with Crippen molar-refractivity contribution in [2.75, 3.05) is 13.1 Å². The molecule has 1 fully saturated rings. The zero-order chi connectivity index (χ0) is 15.5. The van der Waals surface area contributed by atoms with Gasteiger partial charge in [0.2, 0.25) is 5.91 Å². The van der Waals surface area contributed by atoms with E-state index in [0.29, 0.717) is 10.0 Å². The van der Waals surface area contributed by atoms with Crippen LogP contribution in [0.25, 0.3) is 0 Å². The van der Waals surface area contributed by atoms with Gasteiger partial charge in [-0.1, -0.05) is 36.2 Å². The molecule has 116 valence electrons.